The second-order valence-electron chi connectivity index (χ2n) is 10.3. The Kier molecular flexibility index (Phi) is 7.42. The van der Waals surface area contributed by atoms with Crippen molar-refractivity contribution in [2.75, 3.05) is 13.1 Å². The molecule has 1 aromatic heterocycles. The summed E-state index contributed by atoms with van der Waals surface area (Å²) in [6.07, 6.45) is 3.21. The van der Waals surface area contributed by atoms with Gasteiger partial charge in [0.1, 0.15) is 5.01 Å². The highest BCUT2D eigenvalue weighted by Gasteiger charge is 2.38. The fraction of sp³-hybridized carbons (Fsp3) is 0.414. The van der Waals surface area contributed by atoms with Gasteiger partial charge in [0.05, 0.1) is 17.7 Å². The lowest BCUT2D eigenvalue weighted by atomic mass is 9.85. The molecule has 1 saturated heterocycles. The van der Waals surface area contributed by atoms with Gasteiger partial charge in [0, 0.05) is 41.3 Å². The number of aryl methyl sites for hydroxylation is 1. The van der Waals surface area contributed by atoms with Gasteiger partial charge in [0.25, 0.3) is 11.8 Å². The number of aliphatic hydroxyl groups is 1. The minimum atomic E-state index is -1.01. The van der Waals surface area contributed by atoms with Gasteiger partial charge >= 0.3 is 0 Å². The summed E-state index contributed by atoms with van der Waals surface area (Å²) in [7, 11) is 0. The van der Waals surface area contributed by atoms with E-state index in [0.29, 0.717) is 30.3 Å². The number of nitrogens with zero attached hydrogens (tertiary/aromatic N) is 2. The Balaban J connectivity index is 1.35. The van der Waals surface area contributed by atoms with E-state index >= 15 is 0 Å². The third kappa shape index (κ3) is 5.61. The summed E-state index contributed by atoms with van der Waals surface area (Å²) >= 11 is 1.59. The smallest absolute Gasteiger partial charge is 0.254 e. The number of amides is 2. The number of carbonyl (C=O) groups excluding carboxylic acids is 2. The van der Waals surface area contributed by atoms with Crippen LogP contribution in [-0.4, -0.2) is 52.0 Å². The molecule has 5 rings (SSSR count). The molecule has 1 aliphatic heterocycles. The number of hydrogen-bond acceptors (Lipinski definition) is 6. The van der Waals surface area contributed by atoms with Crippen LogP contribution in [0, 0.1) is 6.92 Å². The van der Waals surface area contributed by atoms with Crippen molar-refractivity contribution in [3.05, 3.63) is 87.4 Å². The molecule has 7 nitrogen and oxygen atoms in total. The first-order chi connectivity index (χ1) is 17.8. The SMILES string of the molecule is Cc1csc([C@H]2CCCN2C(=O)c2cccc(C(=O)N[C@@](C)(c3ccccc3)[C@H](O)CNC3CC3)c2)n1. The van der Waals surface area contributed by atoms with Gasteiger partial charge in [-0.1, -0.05) is 36.4 Å². The fourth-order valence-electron chi connectivity index (χ4n) is 4.96. The van der Waals surface area contributed by atoms with Crippen LogP contribution in [0.25, 0.3) is 0 Å². The molecule has 1 aliphatic carbocycles. The molecule has 8 heteroatoms. The molecule has 2 aromatic carbocycles. The standard InChI is InChI=1S/C29H34N4O3S/c1-19-18-37-27(31-19)24-12-7-15-33(24)28(36)21-9-6-8-20(16-21)26(35)32-29(2,22-10-4-3-5-11-22)25(34)17-30-23-13-14-23/h3-6,8-11,16,18,23-25,30,34H,7,12-15,17H2,1-2H3,(H,32,35)/t24-,25-,29+/m1/s1. The van der Waals surface area contributed by atoms with Crippen molar-refractivity contribution in [1.82, 2.24) is 20.5 Å². The van der Waals surface area contributed by atoms with Gasteiger partial charge in [0.15, 0.2) is 0 Å². The van der Waals surface area contributed by atoms with Crippen LogP contribution < -0.4 is 10.6 Å². The molecule has 3 aromatic rings. The zero-order chi connectivity index (χ0) is 26.0. The van der Waals surface area contributed by atoms with E-state index in [-0.39, 0.29) is 17.9 Å². The topological polar surface area (TPSA) is 94.6 Å². The minimum Gasteiger partial charge on any atom is -0.389 e. The first-order valence-corrected chi connectivity index (χ1v) is 13.9. The highest BCUT2D eigenvalue weighted by molar-refractivity contribution is 7.09. The third-order valence-electron chi connectivity index (χ3n) is 7.40. The van der Waals surface area contributed by atoms with Crippen LogP contribution in [0.1, 0.15) is 75.6 Å². The van der Waals surface area contributed by atoms with E-state index in [4.69, 9.17) is 0 Å². The number of rotatable bonds is 9. The summed E-state index contributed by atoms with van der Waals surface area (Å²) in [5.41, 5.74) is 1.64. The number of thiazole rings is 1. The Bertz CT molecular complexity index is 1260. The number of hydrogen-bond donors (Lipinski definition) is 3. The van der Waals surface area contributed by atoms with Gasteiger partial charge in [-0.3, -0.25) is 9.59 Å². The van der Waals surface area contributed by atoms with Gasteiger partial charge in [0.2, 0.25) is 0 Å². The highest BCUT2D eigenvalue weighted by Crippen LogP contribution is 2.35. The number of likely N-dealkylation sites (tertiary alicyclic amines) is 1. The van der Waals surface area contributed by atoms with Crippen molar-refractivity contribution in [2.24, 2.45) is 0 Å². The van der Waals surface area contributed by atoms with Crippen molar-refractivity contribution in [3.8, 4) is 0 Å². The maximum atomic E-state index is 13.5. The van der Waals surface area contributed by atoms with Crippen LogP contribution in [0.4, 0.5) is 0 Å². The summed E-state index contributed by atoms with van der Waals surface area (Å²) in [6.45, 7) is 4.86. The van der Waals surface area contributed by atoms with E-state index in [1.807, 2.05) is 54.5 Å². The molecule has 1 saturated carbocycles. The Morgan fingerprint density at radius 1 is 1.14 bits per heavy atom. The van der Waals surface area contributed by atoms with Gasteiger partial charge in [-0.25, -0.2) is 4.98 Å². The number of aliphatic hydroxyl groups excluding tert-OH is 1. The highest BCUT2D eigenvalue weighted by atomic mass is 32.1. The molecule has 0 spiro atoms. The molecular weight excluding hydrogens is 484 g/mol. The van der Waals surface area contributed by atoms with Crippen molar-refractivity contribution in [1.29, 1.82) is 0 Å². The number of nitrogens with one attached hydrogen (secondary N) is 2. The van der Waals surface area contributed by atoms with Crippen molar-refractivity contribution in [2.45, 2.75) is 63.3 Å². The van der Waals surface area contributed by atoms with Gasteiger partial charge in [-0.05, 0) is 63.3 Å². The molecular formula is C29H34N4O3S. The maximum Gasteiger partial charge on any atom is 0.254 e. The number of aromatic nitrogens is 1. The lowest BCUT2D eigenvalue weighted by Gasteiger charge is -2.36. The quantitative estimate of drug-likeness (QED) is 0.395. The molecule has 2 heterocycles. The van der Waals surface area contributed by atoms with E-state index in [1.165, 1.54) is 0 Å². The second-order valence-corrected chi connectivity index (χ2v) is 11.2. The Morgan fingerprint density at radius 3 is 2.59 bits per heavy atom. The molecule has 0 radical (unpaired) electrons. The van der Waals surface area contributed by atoms with Gasteiger partial charge in [-0.15, -0.1) is 11.3 Å². The van der Waals surface area contributed by atoms with Crippen LogP contribution in [-0.2, 0) is 5.54 Å². The molecule has 0 bridgehead atoms. The second kappa shape index (κ2) is 10.7. The lowest BCUT2D eigenvalue weighted by molar-refractivity contribution is 0.0554. The summed E-state index contributed by atoms with van der Waals surface area (Å²) in [6, 6.07) is 16.8. The van der Waals surface area contributed by atoms with Gasteiger partial charge in [-0.2, -0.15) is 0 Å². The number of carbonyl (C=O) groups is 2. The molecule has 2 aliphatic rings. The summed E-state index contributed by atoms with van der Waals surface area (Å²) in [4.78, 5) is 33.5. The van der Waals surface area contributed by atoms with Crippen molar-refractivity contribution < 1.29 is 14.7 Å². The van der Waals surface area contributed by atoms with Crippen LogP contribution in [0.5, 0.6) is 0 Å². The third-order valence-corrected chi connectivity index (χ3v) is 8.46. The predicted molar refractivity (Wildman–Crippen MR) is 145 cm³/mol. The monoisotopic (exact) mass is 518 g/mol. The van der Waals surface area contributed by atoms with E-state index in [9.17, 15) is 14.7 Å². The summed E-state index contributed by atoms with van der Waals surface area (Å²) in [5, 5.41) is 20.6. The lowest BCUT2D eigenvalue weighted by Crippen LogP contribution is -2.55. The first-order valence-electron chi connectivity index (χ1n) is 13.0. The summed E-state index contributed by atoms with van der Waals surface area (Å²) < 4.78 is 0. The zero-order valence-electron chi connectivity index (χ0n) is 21.3. The van der Waals surface area contributed by atoms with Crippen LogP contribution in [0.3, 0.4) is 0 Å². The predicted octanol–water partition coefficient (Wildman–Crippen LogP) is 4.19. The van der Waals surface area contributed by atoms with Gasteiger partial charge < -0.3 is 20.6 Å². The van der Waals surface area contributed by atoms with E-state index < -0.39 is 11.6 Å². The van der Waals surface area contributed by atoms with Crippen LogP contribution in [0.15, 0.2) is 60.0 Å². The van der Waals surface area contributed by atoms with Crippen LogP contribution in [0.2, 0.25) is 0 Å². The number of benzene rings is 2. The molecule has 3 N–H and O–H groups in total. The largest absolute Gasteiger partial charge is 0.389 e. The van der Waals surface area contributed by atoms with Crippen molar-refractivity contribution in [3.63, 3.8) is 0 Å². The molecule has 2 amide bonds. The average Bonchev–Trinajstić information content (AvgIpc) is 3.44. The zero-order valence-corrected chi connectivity index (χ0v) is 22.1. The minimum absolute atomic E-state index is 0.0285. The van der Waals surface area contributed by atoms with E-state index in [1.54, 1.807) is 35.6 Å². The fourth-order valence-corrected chi connectivity index (χ4v) is 5.90. The average molecular weight is 519 g/mol. The Morgan fingerprint density at radius 2 is 1.89 bits per heavy atom. The maximum absolute atomic E-state index is 13.5. The molecule has 3 atom stereocenters. The molecule has 0 unspecified atom stereocenters. The van der Waals surface area contributed by atoms with E-state index in [2.05, 4.69) is 15.6 Å². The summed E-state index contributed by atoms with van der Waals surface area (Å²) in [5.74, 6) is -0.426. The van der Waals surface area contributed by atoms with Crippen LogP contribution >= 0.6 is 11.3 Å². The van der Waals surface area contributed by atoms with E-state index in [0.717, 1.165) is 41.9 Å². The normalized spacial score (nSPS) is 19.9. The molecule has 194 valence electrons. The van der Waals surface area contributed by atoms with Crippen molar-refractivity contribution >= 4 is 23.2 Å². The Hall–Kier alpha value is -3.07. The first kappa shape index (κ1) is 25.6. The Labute approximate surface area is 221 Å². The molecule has 37 heavy (non-hydrogen) atoms. The molecule has 2 fully saturated rings.